The fourth-order valence-corrected chi connectivity index (χ4v) is 4.59. The number of fused-ring (bicyclic) bond motifs is 1. The summed E-state index contributed by atoms with van der Waals surface area (Å²) in [7, 11) is 0. The molecule has 2 aliphatic rings. The first kappa shape index (κ1) is 20.9. The number of carbonyl (C=O) groups is 3. The van der Waals surface area contributed by atoms with Gasteiger partial charge in [0.15, 0.2) is 10.8 Å². The maximum Gasteiger partial charge on any atom is 0.407 e. The summed E-state index contributed by atoms with van der Waals surface area (Å²) in [6, 6.07) is -1.13. The minimum Gasteiger partial charge on any atom is -0.477 e. The van der Waals surface area contributed by atoms with E-state index in [1.807, 2.05) is 0 Å². The fraction of sp³-hybridized carbons (Fsp3) is 0.357. The lowest BCUT2D eigenvalue weighted by atomic mass is 10.0. The van der Waals surface area contributed by atoms with Gasteiger partial charge in [0.2, 0.25) is 0 Å². The number of nitrogens with one attached hydrogen (secondary N) is 1. The van der Waals surface area contributed by atoms with Gasteiger partial charge in [0.25, 0.3) is 11.8 Å². The highest BCUT2D eigenvalue weighted by atomic mass is 32.2. The number of aliphatic hydroxyl groups is 1. The minimum absolute atomic E-state index is 0.0547. The number of β-lactam (4-membered cyclic amide) rings is 1. The molecule has 2 amide bonds. The van der Waals surface area contributed by atoms with Gasteiger partial charge in [-0.15, -0.1) is 23.1 Å². The number of nitrogens with two attached hydrogens (primary N) is 1. The van der Waals surface area contributed by atoms with Crippen molar-refractivity contribution < 1.29 is 38.2 Å². The number of halogens is 2. The first-order valence-corrected chi connectivity index (χ1v) is 9.72. The maximum atomic E-state index is 12.5. The van der Waals surface area contributed by atoms with Crippen LogP contribution in [0.3, 0.4) is 0 Å². The standard InChI is InChI=1S/C14H13F2N5O6S2/c15-13(16)27-20-6(5-3-29-14(17)18-5)9(23)19-7-10(24)21-8(12(25)26)4(1-22)2-28-11(7)21/h3,7,11,13,22H,1-2H2,(H2,17,18)(H,19,23)(H,25,26)/t7?,11-/m0/s1. The summed E-state index contributed by atoms with van der Waals surface area (Å²) >= 11 is 2.07. The molecule has 0 spiro atoms. The second-order valence-electron chi connectivity index (χ2n) is 5.65. The van der Waals surface area contributed by atoms with Crippen LogP contribution in [-0.2, 0) is 19.2 Å². The molecule has 1 unspecified atom stereocenters. The molecule has 0 radical (unpaired) electrons. The van der Waals surface area contributed by atoms with Gasteiger partial charge in [-0.2, -0.15) is 8.78 Å². The number of carboxylic acids is 1. The summed E-state index contributed by atoms with van der Waals surface area (Å²) < 4.78 is 24.7. The Balaban J connectivity index is 1.80. The lowest BCUT2D eigenvalue weighted by molar-refractivity contribution is -0.150. The second kappa shape index (κ2) is 8.30. The van der Waals surface area contributed by atoms with Crippen LogP contribution < -0.4 is 11.1 Å². The molecule has 3 heterocycles. The molecule has 29 heavy (non-hydrogen) atoms. The summed E-state index contributed by atoms with van der Waals surface area (Å²) in [5, 5.41) is 24.6. The maximum absolute atomic E-state index is 12.5. The highest BCUT2D eigenvalue weighted by Crippen LogP contribution is 2.40. The van der Waals surface area contributed by atoms with Crippen molar-refractivity contribution in [2.75, 3.05) is 18.1 Å². The third-order valence-corrected chi connectivity index (χ3v) is 5.94. The number of carbonyl (C=O) groups excluding carboxylic acids is 2. The molecule has 11 nitrogen and oxygen atoms in total. The van der Waals surface area contributed by atoms with Crippen LogP contribution in [0.15, 0.2) is 21.8 Å². The number of thioether (sulfide) groups is 1. The van der Waals surface area contributed by atoms with E-state index in [0.717, 1.165) is 28.0 Å². The molecule has 0 bridgehead atoms. The molecule has 2 aliphatic heterocycles. The summed E-state index contributed by atoms with van der Waals surface area (Å²) in [6.45, 7) is -3.82. The number of aliphatic hydroxyl groups excluding tert-OH is 1. The van der Waals surface area contributed by atoms with Crippen molar-refractivity contribution in [1.29, 1.82) is 0 Å². The number of hydrogen-bond donors (Lipinski definition) is 4. The number of anilines is 1. The Morgan fingerprint density at radius 1 is 1.52 bits per heavy atom. The smallest absolute Gasteiger partial charge is 0.407 e. The molecule has 0 saturated carbocycles. The summed E-state index contributed by atoms with van der Waals surface area (Å²) in [5.74, 6) is -3.01. The van der Waals surface area contributed by atoms with E-state index in [4.69, 9.17) is 5.73 Å². The van der Waals surface area contributed by atoms with Crippen LogP contribution in [0.4, 0.5) is 13.9 Å². The fourth-order valence-electron chi connectivity index (χ4n) is 2.71. The molecule has 5 N–H and O–H groups in total. The molecule has 0 aromatic carbocycles. The van der Waals surface area contributed by atoms with E-state index in [-0.39, 0.29) is 27.8 Å². The van der Waals surface area contributed by atoms with Crippen molar-refractivity contribution in [2.24, 2.45) is 5.16 Å². The molecule has 2 atom stereocenters. The SMILES string of the molecule is Nc1nc(C(=NOC(F)F)C(=O)NC2C(=O)N3C(C(=O)O)=C(CO)CS[C@@H]23)cs1. The second-order valence-corrected chi connectivity index (χ2v) is 7.65. The van der Waals surface area contributed by atoms with Crippen LogP contribution in [-0.4, -0.2) is 74.0 Å². The zero-order valence-corrected chi connectivity index (χ0v) is 15.9. The average Bonchev–Trinajstić information content (AvgIpc) is 3.10. The molecule has 156 valence electrons. The zero-order valence-electron chi connectivity index (χ0n) is 14.2. The van der Waals surface area contributed by atoms with Crippen LogP contribution >= 0.6 is 23.1 Å². The van der Waals surface area contributed by atoms with Gasteiger partial charge in [0.05, 0.1) is 6.61 Å². The van der Waals surface area contributed by atoms with E-state index in [1.54, 1.807) is 0 Å². The van der Waals surface area contributed by atoms with Crippen molar-refractivity contribution in [3.8, 4) is 0 Å². The van der Waals surface area contributed by atoms with Crippen molar-refractivity contribution in [3.63, 3.8) is 0 Å². The quantitative estimate of drug-likeness (QED) is 0.241. The molecule has 1 aromatic rings. The van der Waals surface area contributed by atoms with Crippen LogP contribution in [0, 0.1) is 0 Å². The van der Waals surface area contributed by atoms with E-state index in [2.05, 4.69) is 20.3 Å². The van der Waals surface area contributed by atoms with E-state index >= 15 is 0 Å². The third kappa shape index (κ3) is 4.01. The molecule has 0 aliphatic carbocycles. The summed E-state index contributed by atoms with van der Waals surface area (Å²) in [5.41, 5.74) is 4.57. The lowest BCUT2D eigenvalue weighted by Crippen LogP contribution is -2.71. The number of amides is 2. The summed E-state index contributed by atoms with van der Waals surface area (Å²) in [4.78, 5) is 45.0. The van der Waals surface area contributed by atoms with Gasteiger partial charge in [-0.25, -0.2) is 9.78 Å². The van der Waals surface area contributed by atoms with E-state index in [1.165, 1.54) is 5.38 Å². The van der Waals surface area contributed by atoms with Crippen LogP contribution in [0.1, 0.15) is 5.69 Å². The molecule has 3 rings (SSSR count). The highest BCUT2D eigenvalue weighted by Gasteiger charge is 2.54. The molecular formula is C14H13F2N5O6S2. The van der Waals surface area contributed by atoms with Gasteiger partial charge in [-0.05, 0) is 5.57 Å². The van der Waals surface area contributed by atoms with Crippen LogP contribution in [0.2, 0.25) is 0 Å². The van der Waals surface area contributed by atoms with Crippen molar-refractivity contribution in [1.82, 2.24) is 15.2 Å². The van der Waals surface area contributed by atoms with Gasteiger partial charge in [-0.1, -0.05) is 5.16 Å². The Kier molecular flexibility index (Phi) is 5.99. The minimum atomic E-state index is -3.29. The number of alkyl halides is 2. The predicted octanol–water partition coefficient (Wildman–Crippen LogP) is -0.600. The van der Waals surface area contributed by atoms with Crippen molar-refractivity contribution in [2.45, 2.75) is 18.0 Å². The predicted molar refractivity (Wildman–Crippen MR) is 96.9 cm³/mol. The van der Waals surface area contributed by atoms with E-state index in [0.29, 0.717) is 0 Å². The number of hydrogen-bond acceptors (Lipinski definition) is 10. The van der Waals surface area contributed by atoms with Crippen molar-refractivity contribution >= 4 is 51.7 Å². The highest BCUT2D eigenvalue weighted by molar-refractivity contribution is 8.00. The number of aliphatic carboxylic acids is 1. The Bertz CT molecular complexity index is 920. The zero-order chi connectivity index (χ0) is 21.3. The van der Waals surface area contributed by atoms with Crippen LogP contribution in [0.25, 0.3) is 0 Å². The normalized spacial score (nSPS) is 21.7. The van der Waals surface area contributed by atoms with E-state index < -0.39 is 48.1 Å². The molecule has 1 aromatic heterocycles. The van der Waals surface area contributed by atoms with Gasteiger partial charge in [0.1, 0.15) is 22.8 Å². The number of nitrogen functional groups attached to an aromatic ring is 1. The largest absolute Gasteiger partial charge is 0.477 e. The Morgan fingerprint density at radius 2 is 2.24 bits per heavy atom. The first-order chi connectivity index (χ1) is 13.7. The van der Waals surface area contributed by atoms with Gasteiger partial charge < -0.3 is 26.1 Å². The number of nitrogens with zero attached hydrogens (tertiary/aromatic N) is 3. The van der Waals surface area contributed by atoms with Gasteiger partial charge in [0, 0.05) is 11.1 Å². The Labute approximate surface area is 169 Å². The Hall–Kier alpha value is -2.78. The number of rotatable bonds is 7. The number of thiazole rings is 1. The molecule has 1 fully saturated rings. The van der Waals surface area contributed by atoms with E-state index in [9.17, 15) is 33.4 Å². The number of carboxylic acid groups (broad SMARTS) is 1. The number of oxime groups is 1. The number of aromatic nitrogens is 1. The average molecular weight is 449 g/mol. The topological polar surface area (TPSA) is 167 Å². The lowest BCUT2D eigenvalue weighted by Gasteiger charge is -2.49. The van der Waals surface area contributed by atoms with Crippen molar-refractivity contribution in [3.05, 3.63) is 22.3 Å². The summed E-state index contributed by atoms with van der Waals surface area (Å²) in [6.07, 6.45) is 0. The van der Waals surface area contributed by atoms with Gasteiger partial charge >= 0.3 is 12.6 Å². The molecule has 1 saturated heterocycles. The molecular weight excluding hydrogens is 436 g/mol. The molecule has 15 heteroatoms. The first-order valence-electron chi connectivity index (χ1n) is 7.79. The van der Waals surface area contributed by atoms with Crippen LogP contribution in [0.5, 0.6) is 0 Å². The monoisotopic (exact) mass is 449 g/mol. The Morgan fingerprint density at radius 3 is 2.79 bits per heavy atom. The van der Waals surface area contributed by atoms with Gasteiger partial charge in [-0.3, -0.25) is 14.5 Å². The third-order valence-electron chi connectivity index (χ3n) is 3.93.